The van der Waals surface area contributed by atoms with Gasteiger partial charge < -0.3 is 15.1 Å². The summed E-state index contributed by atoms with van der Waals surface area (Å²) in [6, 6.07) is 1.35. The lowest BCUT2D eigenvalue weighted by molar-refractivity contribution is 0.150. The topological polar surface area (TPSA) is 35.6 Å². The average molecular weight is 338 g/mol. The van der Waals surface area contributed by atoms with Crippen molar-refractivity contribution in [2.45, 2.75) is 74.6 Å². The molecule has 130 valence electrons. The zero-order valence-electron chi connectivity index (χ0n) is 14.3. The van der Waals surface area contributed by atoms with Crippen molar-refractivity contribution in [1.29, 1.82) is 0 Å². The van der Waals surface area contributed by atoms with Crippen LogP contribution in [0.2, 0.25) is 0 Å². The van der Waals surface area contributed by atoms with Crippen LogP contribution in [0.15, 0.2) is 0 Å². The van der Waals surface area contributed by atoms with Gasteiger partial charge in [0.1, 0.15) is 0 Å². The fraction of sp³-hybridized carbons (Fsp3) is 0.944. The third-order valence-electron chi connectivity index (χ3n) is 6.45. The Kier molecular flexibility index (Phi) is 4.77. The van der Waals surface area contributed by atoms with Gasteiger partial charge >= 0.3 is 6.03 Å². The molecule has 0 aromatic carbocycles. The molecule has 4 aliphatic rings. The number of carbonyl (C=O) groups excluding carboxylic acids is 1. The van der Waals surface area contributed by atoms with E-state index in [1.807, 2.05) is 0 Å². The van der Waals surface area contributed by atoms with E-state index in [0.29, 0.717) is 10.8 Å². The van der Waals surface area contributed by atoms with Crippen molar-refractivity contribution in [2.75, 3.05) is 31.9 Å². The maximum atomic E-state index is 12.8. The minimum Gasteiger partial charge on any atom is -0.335 e. The lowest BCUT2D eigenvalue weighted by Crippen LogP contribution is -2.56. The van der Waals surface area contributed by atoms with Gasteiger partial charge in [0.15, 0.2) is 0 Å². The van der Waals surface area contributed by atoms with Gasteiger partial charge in [-0.05, 0) is 45.1 Å². The van der Waals surface area contributed by atoms with Crippen LogP contribution in [0, 0.1) is 0 Å². The molecule has 23 heavy (non-hydrogen) atoms. The fourth-order valence-corrected chi connectivity index (χ4v) is 6.71. The van der Waals surface area contributed by atoms with E-state index in [2.05, 4.69) is 26.9 Å². The highest BCUT2D eigenvalue weighted by Crippen LogP contribution is 2.42. The Bertz CT molecular complexity index is 432. The van der Waals surface area contributed by atoms with Crippen LogP contribution in [-0.4, -0.2) is 64.6 Å². The van der Waals surface area contributed by atoms with E-state index in [4.69, 9.17) is 0 Å². The van der Waals surface area contributed by atoms with Crippen molar-refractivity contribution in [3.05, 3.63) is 0 Å². The molecule has 3 saturated heterocycles. The Morgan fingerprint density at radius 3 is 2.78 bits per heavy atom. The Labute approximate surface area is 144 Å². The Morgan fingerprint density at radius 1 is 1.04 bits per heavy atom. The molecule has 0 aromatic heterocycles. The number of carbonyl (C=O) groups is 1. The van der Waals surface area contributed by atoms with Crippen molar-refractivity contribution in [3.8, 4) is 0 Å². The number of thioether (sulfide) groups is 1. The quantitative estimate of drug-likeness (QED) is 0.799. The van der Waals surface area contributed by atoms with Gasteiger partial charge in [0.2, 0.25) is 0 Å². The SMILES string of the molecule is O=C(NC1CCN2CCCC2C1)N1CCSC2(CCCCC2)C1. The van der Waals surface area contributed by atoms with E-state index in [0.717, 1.165) is 31.3 Å². The molecule has 2 atom stereocenters. The number of hydrogen-bond donors (Lipinski definition) is 1. The first kappa shape index (κ1) is 16.1. The molecule has 2 amide bonds. The second kappa shape index (κ2) is 6.83. The highest BCUT2D eigenvalue weighted by Gasteiger charge is 2.39. The summed E-state index contributed by atoms with van der Waals surface area (Å²) in [7, 11) is 0. The van der Waals surface area contributed by atoms with Gasteiger partial charge in [-0.3, -0.25) is 0 Å². The van der Waals surface area contributed by atoms with E-state index in [1.165, 1.54) is 64.5 Å². The summed E-state index contributed by atoms with van der Waals surface area (Å²) in [4.78, 5) is 17.5. The van der Waals surface area contributed by atoms with Crippen molar-refractivity contribution >= 4 is 17.8 Å². The smallest absolute Gasteiger partial charge is 0.317 e. The molecule has 3 heterocycles. The van der Waals surface area contributed by atoms with Gasteiger partial charge in [0, 0.05) is 42.2 Å². The predicted molar refractivity (Wildman–Crippen MR) is 96.0 cm³/mol. The van der Waals surface area contributed by atoms with Crippen LogP contribution in [0.1, 0.15) is 57.8 Å². The number of fused-ring (bicyclic) bond motifs is 1. The second-order valence-electron chi connectivity index (χ2n) is 8.02. The number of rotatable bonds is 1. The van der Waals surface area contributed by atoms with Gasteiger partial charge in [0.25, 0.3) is 0 Å². The zero-order valence-corrected chi connectivity index (χ0v) is 15.1. The molecule has 0 radical (unpaired) electrons. The highest BCUT2D eigenvalue weighted by molar-refractivity contribution is 8.00. The van der Waals surface area contributed by atoms with E-state index < -0.39 is 0 Å². The largest absolute Gasteiger partial charge is 0.335 e. The van der Waals surface area contributed by atoms with Crippen LogP contribution in [-0.2, 0) is 0 Å². The molecular formula is C18H31N3OS. The molecule has 2 unspecified atom stereocenters. The first-order chi connectivity index (χ1) is 11.2. The minimum absolute atomic E-state index is 0.215. The Hall–Kier alpha value is -0.420. The summed E-state index contributed by atoms with van der Waals surface area (Å²) < 4.78 is 0.378. The summed E-state index contributed by atoms with van der Waals surface area (Å²) in [6.07, 6.45) is 11.7. The van der Waals surface area contributed by atoms with Crippen molar-refractivity contribution in [1.82, 2.24) is 15.1 Å². The van der Waals surface area contributed by atoms with Gasteiger partial charge in [-0.1, -0.05) is 19.3 Å². The van der Waals surface area contributed by atoms with Crippen LogP contribution in [0.4, 0.5) is 4.79 Å². The first-order valence-corrected chi connectivity index (χ1v) is 10.7. The molecule has 1 aliphatic carbocycles. The Balaban J connectivity index is 1.31. The van der Waals surface area contributed by atoms with E-state index in [-0.39, 0.29) is 6.03 Å². The van der Waals surface area contributed by atoms with E-state index in [9.17, 15) is 4.79 Å². The van der Waals surface area contributed by atoms with E-state index in [1.54, 1.807) is 0 Å². The van der Waals surface area contributed by atoms with Gasteiger partial charge in [0.05, 0.1) is 0 Å². The summed E-state index contributed by atoms with van der Waals surface area (Å²) in [5.74, 6) is 1.12. The van der Waals surface area contributed by atoms with Crippen molar-refractivity contribution in [2.24, 2.45) is 0 Å². The molecule has 0 aromatic rings. The van der Waals surface area contributed by atoms with Crippen LogP contribution in [0.25, 0.3) is 0 Å². The van der Waals surface area contributed by atoms with Gasteiger partial charge in [-0.2, -0.15) is 11.8 Å². The molecule has 5 heteroatoms. The van der Waals surface area contributed by atoms with Crippen LogP contribution in [0.3, 0.4) is 0 Å². The van der Waals surface area contributed by atoms with Crippen LogP contribution >= 0.6 is 11.8 Å². The molecule has 4 fully saturated rings. The third kappa shape index (κ3) is 3.51. The number of urea groups is 1. The summed E-state index contributed by atoms with van der Waals surface area (Å²) in [5, 5.41) is 3.37. The number of nitrogens with zero attached hydrogens (tertiary/aromatic N) is 2. The standard InChI is InChI=1S/C18H31N3OS/c22-17(19-15-6-10-20-9-4-5-16(20)13-15)21-11-12-23-18(14-21)7-2-1-3-8-18/h15-16H,1-14H2,(H,19,22). The van der Waals surface area contributed by atoms with Crippen LogP contribution in [0.5, 0.6) is 0 Å². The highest BCUT2D eigenvalue weighted by atomic mass is 32.2. The molecule has 4 rings (SSSR count). The van der Waals surface area contributed by atoms with Crippen LogP contribution < -0.4 is 5.32 Å². The molecule has 3 aliphatic heterocycles. The van der Waals surface area contributed by atoms with Crippen molar-refractivity contribution < 1.29 is 4.79 Å². The number of piperidine rings is 1. The monoisotopic (exact) mass is 337 g/mol. The summed E-state index contributed by atoms with van der Waals surface area (Å²) in [5.41, 5.74) is 0. The molecule has 1 N–H and O–H groups in total. The Morgan fingerprint density at radius 2 is 1.91 bits per heavy atom. The first-order valence-electron chi connectivity index (χ1n) is 9.68. The van der Waals surface area contributed by atoms with Gasteiger partial charge in [-0.15, -0.1) is 0 Å². The van der Waals surface area contributed by atoms with E-state index >= 15 is 0 Å². The number of amides is 2. The predicted octanol–water partition coefficient (Wildman–Crippen LogP) is 3.07. The average Bonchev–Trinajstić information content (AvgIpc) is 3.03. The summed E-state index contributed by atoms with van der Waals surface area (Å²) in [6.45, 7) is 4.36. The summed E-state index contributed by atoms with van der Waals surface area (Å²) >= 11 is 2.14. The molecule has 4 nitrogen and oxygen atoms in total. The zero-order chi connectivity index (χ0) is 15.7. The molecule has 1 saturated carbocycles. The lowest BCUT2D eigenvalue weighted by atomic mass is 9.87. The minimum atomic E-state index is 0.215. The van der Waals surface area contributed by atoms with Crippen molar-refractivity contribution in [3.63, 3.8) is 0 Å². The number of nitrogens with one attached hydrogen (secondary N) is 1. The lowest BCUT2D eigenvalue weighted by Gasteiger charge is -2.45. The molecule has 0 bridgehead atoms. The second-order valence-corrected chi connectivity index (χ2v) is 9.58. The normalized spacial score (nSPS) is 34.3. The maximum Gasteiger partial charge on any atom is 0.317 e. The maximum absolute atomic E-state index is 12.8. The number of hydrogen-bond acceptors (Lipinski definition) is 3. The molecular weight excluding hydrogens is 306 g/mol. The fourth-order valence-electron chi connectivity index (χ4n) is 5.14. The third-order valence-corrected chi connectivity index (χ3v) is 7.98. The molecule has 1 spiro atoms. The van der Waals surface area contributed by atoms with Gasteiger partial charge in [-0.25, -0.2) is 4.79 Å².